The number of benzene rings is 1. The van der Waals surface area contributed by atoms with Gasteiger partial charge >= 0.3 is 6.18 Å². The monoisotopic (exact) mass is 476 g/mol. The molecule has 1 aromatic heterocycles. The van der Waals surface area contributed by atoms with Crippen LogP contribution in [-0.4, -0.2) is 33.6 Å². The number of hydrogen-bond donors (Lipinski definition) is 2. The Balaban J connectivity index is 1.53. The second-order valence-corrected chi connectivity index (χ2v) is 8.68. The molecule has 0 atom stereocenters. The molecule has 1 aliphatic carbocycles. The van der Waals surface area contributed by atoms with Gasteiger partial charge in [-0.2, -0.15) is 13.2 Å². The molecule has 0 radical (unpaired) electrons. The summed E-state index contributed by atoms with van der Waals surface area (Å²) >= 11 is 11.8. The number of alkyl halides is 3. The van der Waals surface area contributed by atoms with E-state index in [-0.39, 0.29) is 18.3 Å². The molecule has 1 saturated carbocycles. The van der Waals surface area contributed by atoms with Crippen molar-refractivity contribution < 1.29 is 22.7 Å². The zero-order chi connectivity index (χ0) is 22.9. The molecular weight excluding hydrogens is 456 g/mol. The van der Waals surface area contributed by atoms with Crippen LogP contribution in [0.15, 0.2) is 30.6 Å². The van der Waals surface area contributed by atoms with E-state index < -0.39 is 22.9 Å². The number of amides is 1. The van der Waals surface area contributed by atoms with E-state index in [0.29, 0.717) is 41.3 Å². The molecule has 0 aliphatic heterocycles. The van der Waals surface area contributed by atoms with Crippen molar-refractivity contribution in [3.8, 4) is 5.75 Å². The molecule has 168 valence electrons. The van der Waals surface area contributed by atoms with Crippen LogP contribution >= 0.6 is 23.2 Å². The third kappa shape index (κ3) is 5.71. The van der Waals surface area contributed by atoms with Gasteiger partial charge in [0.1, 0.15) is 11.6 Å². The van der Waals surface area contributed by atoms with Crippen molar-refractivity contribution in [3.05, 3.63) is 46.3 Å². The zero-order valence-corrected chi connectivity index (χ0v) is 18.3. The minimum atomic E-state index is -4.54. The average Bonchev–Trinajstić information content (AvgIpc) is 2.67. The summed E-state index contributed by atoms with van der Waals surface area (Å²) in [6.07, 6.45) is -0.936. The summed E-state index contributed by atoms with van der Waals surface area (Å²) in [5.41, 5.74) is -1.93. The largest absolute Gasteiger partial charge is 0.484 e. The van der Waals surface area contributed by atoms with Crippen molar-refractivity contribution in [1.29, 1.82) is 0 Å². The second kappa shape index (κ2) is 8.70. The Hall–Kier alpha value is -2.26. The highest BCUT2D eigenvalue weighted by Crippen LogP contribution is 2.45. The van der Waals surface area contributed by atoms with Gasteiger partial charge in [-0.1, -0.05) is 30.1 Å². The van der Waals surface area contributed by atoms with Crippen molar-refractivity contribution in [3.63, 3.8) is 0 Å². The SMILES string of the molecule is CCC1(Nc2cnc(C(F)(F)F)cn2)CC(C)(NC(=O)COc2ccc(Cl)c(Cl)c2)C1. The summed E-state index contributed by atoms with van der Waals surface area (Å²) in [7, 11) is 0. The van der Waals surface area contributed by atoms with Gasteiger partial charge in [-0.3, -0.25) is 4.79 Å². The predicted octanol–water partition coefficient (Wildman–Crippen LogP) is 5.11. The molecule has 0 spiro atoms. The van der Waals surface area contributed by atoms with E-state index in [4.69, 9.17) is 27.9 Å². The minimum absolute atomic E-state index is 0.190. The third-order valence-corrected chi connectivity index (χ3v) is 5.91. The first kappa shape index (κ1) is 23.4. The first-order valence-corrected chi connectivity index (χ1v) is 10.3. The maximum absolute atomic E-state index is 12.6. The van der Waals surface area contributed by atoms with Gasteiger partial charge in [0.2, 0.25) is 0 Å². The van der Waals surface area contributed by atoms with Gasteiger partial charge in [-0.05, 0) is 38.3 Å². The van der Waals surface area contributed by atoms with Crippen molar-refractivity contribution in [2.24, 2.45) is 0 Å². The fourth-order valence-electron chi connectivity index (χ4n) is 3.86. The zero-order valence-electron chi connectivity index (χ0n) is 16.8. The first-order valence-electron chi connectivity index (χ1n) is 9.50. The lowest BCUT2D eigenvalue weighted by molar-refractivity contribution is -0.141. The molecule has 0 bridgehead atoms. The highest BCUT2D eigenvalue weighted by atomic mass is 35.5. The van der Waals surface area contributed by atoms with Crippen molar-refractivity contribution in [2.75, 3.05) is 11.9 Å². The smallest absolute Gasteiger partial charge is 0.434 e. The Bertz CT molecular complexity index is 948. The standard InChI is InChI=1S/C20H21Cl2F3N4O2/c1-3-19(28-16-8-26-15(7-27-16)20(23,24)25)10-18(2,11-19)29-17(30)9-31-12-4-5-13(21)14(22)6-12/h4-8H,3,9-11H2,1-2H3,(H,27,28)(H,29,30). The average molecular weight is 477 g/mol. The Morgan fingerprint density at radius 1 is 1.19 bits per heavy atom. The molecule has 1 aliphatic rings. The van der Waals surface area contributed by atoms with Crippen molar-refractivity contribution in [1.82, 2.24) is 15.3 Å². The molecule has 1 fully saturated rings. The number of halogens is 5. The Morgan fingerprint density at radius 3 is 2.45 bits per heavy atom. The minimum Gasteiger partial charge on any atom is -0.484 e. The number of nitrogens with one attached hydrogen (secondary N) is 2. The van der Waals surface area contributed by atoms with Gasteiger partial charge < -0.3 is 15.4 Å². The van der Waals surface area contributed by atoms with E-state index >= 15 is 0 Å². The molecule has 1 aromatic carbocycles. The number of ether oxygens (including phenoxy) is 1. The van der Waals surface area contributed by atoms with Gasteiger partial charge in [0.25, 0.3) is 5.91 Å². The molecule has 6 nitrogen and oxygen atoms in total. The van der Waals surface area contributed by atoms with Crippen LogP contribution in [0.3, 0.4) is 0 Å². The lowest BCUT2D eigenvalue weighted by Crippen LogP contribution is -2.66. The summed E-state index contributed by atoms with van der Waals surface area (Å²) in [6, 6.07) is 4.72. The molecule has 1 amide bonds. The van der Waals surface area contributed by atoms with Crippen LogP contribution in [0.4, 0.5) is 19.0 Å². The van der Waals surface area contributed by atoms with E-state index in [2.05, 4.69) is 20.6 Å². The van der Waals surface area contributed by atoms with Gasteiger partial charge in [-0.25, -0.2) is 9.97 Å². The number of anilines is 1. The van der Waals surface area contributed by atoms with Crippen LogP contribution in [-0.2, 0) is 11.0 Å². The van der Waals surface area contributed by atoms with E-state index in [1.165, 1.54) is 6.07 Å². The molecule has 0 unspecified atom stereocenters. The Morgan fingerprint density at radius 2 is 1.90 bits per heavy atom. The number of nitrogens with zero attached hydrogens (tertiary/aromatic N) is 2. The van der Waals surface area contributed by atoms with Gasteiger partial charge in [0.15, 0.2) is 12.3 Å². The highest BCUT2D eigenvalue weighted by Gasteiger charge is 2.52. The normalized spacial score (nSPS) is 23.1. The second-order valence-electron chi connectivity index (χ2n) is 7.87. The summed E-state index contributed by atoms with van der Waals surface area (Å²) in [6.45, 7) is 3.67. The van der Waals surface area contributed by atoms with Gasteiger partial charge in [-0.15, -0.1) is 0 Å². The highest BCUT2D eigenvalue weighted by molar-refractivity contribution is 6.42. The van der Waals surface area contributed by atoms with Gasteiger partial charge in [0.05, 0.1) is 22.4 Å². The van der Waals surface area contributed by atoms with Gasteiger partial charge in [0, 0.05) is 17.1 Å². The van der Waals surface area contributed by atoms with E-state index in [9.17, 15) is 18.0 Å². The Labute approximate surface area is 187 Å². The number of rotatable bonds is 7. The lowest BCUT2D eigenvalue weighted by Gasteiger charge is -2.55. The van der Waals surface area contributed by atoms with E-state index in [1.54, 1.807) is 12.1 Å². The third-order valence-electron chi connectivity index (χ3n) is 5.17. The lowest BCUT2D eigenvalue weighted by atomic mass is 9.62. The first-order chi connectivity index (χ1) is 14.4. The number of aromatic nitrogens is 2. The molecule has 0 saturated heterocycles. The van der Waals surface area contributed by atoms with Crippen LogP contribution in [0.25, 0.3) is 0 Å². The number of carbonyl (C=O) groups excluding carboxylic acids is 1. The Kier molecular flexibility index (Phi) is 6.57. The van der Waals surface area contributed by atoms with Crippen LogP contribution in [0.1, 0.15) is 38.8 Å². The molecule has 11 heteroatoms. The summed E-state index contributed by atoms with van der Waals surface area (Å²) in [4.78, 5) is 19.6. The molecule has 31 heavy (non-hydrogen) atoms. The quantitative estimate of drug-likeness (QED) is 0.580. The van der Waals surface area contributed by atoms with E-state index in [0.717, 1.165) is 6.20 Å². The van der Waals surface area contributed by atoms with Crippen LogP contribution in [0, 0.1) is 0 Å². The van der Waals surface area contributed by atoms with Crippen molar-refractivity contribution in [2.45, 2.75) is 50.4 Å². The maximum Gasteiger partial charge on any atom is 0.434 e. The molecule has 2 N–H and O–H groups in total. The van der Waals surface area contributed by atoms with Crippen LogP contribution in [0.5, 0.6) is 5.75 Å². The van der Waals surface area contributed by atoms with Crippen molar-refractivity contribution >= 4 is 34.9 Å². The molecule has 1 heterocycles. The fourth-order valence-corrected chi connectivity index (χ4v) is 4.14. The summed E-state index contributed by atoms with van der Waals surface area (Å²) in [5, 5.41) is 6.83. The molecule has 3 rings (SSSR count). The van der Waals surface area contributed by atoms with Crippen LogP contribution in [0.2, 0.25) is 10.0 Å². The molecular formula is C20H21Cl2F3N4O2. The fraction of sp³-hybridized carbons (Fsp3) is 0.450. The number of hydrogen-bond acceptors (Lipinski definition) is 5. The summed E-state index contributed by atoms with van der Waals surface area (Å²) < 4.78 is 43.4. The summed E-state index contributed by atoms with van der Waals surface area (Å²) in [5.74, 6) is 0.382. The topological polar surface area (TPSA) is 76.1 Å². The number of carbonyl (C=O) groups is 1. The maximum atomic E-state index is 12.6. The van der Waals surface area contributed by atoms with E-state index in [1.807, 2.05) is 13.8 Å². The predicted molar refractivity (Wildman–Crippen MR) is 111 cm³/mol. The molecule has 2 aromatic rings. The van der Waals surface area contributed by atoms with Crippen LogP contribution < -0.4 is 15.4 Å².